The Kier molecular flexibility index (Phi) is 4.57. The summed E-state index contributed by atoms with van der Waals surface area (Å²) in [6.07, 6.45) is -0.497. The molecular formula is C21H23N3O2. The van der Waals surface area contributed by atoms with E-state index in [0.717, 1.165) is 38.4 Å². The van der Waals surface area contributed by atoms with Crippen molar-refractivity contribution < 1.29 is 9.59 Å². The van der Waals surface area contributed by atoms with Crippen LogP contribution in [0, 0.1) is 0 Å². The van der Waals surface area contributed by atoms with Gasteiger partial charge in [-0.3, -0.25) is 24.3 Å². The highest BCUT2D eigenvalue weighted by atomic mass is 16.2. The Balaban J connectivity index is 1.47. The van der Waals surface area contributed by atoms with E-state index in [-0.39, 0.29) is 11.7 Å². The molecule has 0 spiro atoms. The molecule has 26 heavy (non-hydrogen) atoms. The van der Waals surface area contributed by atoms with E-state index in [1.807, 2.05) is 30.3 Å². The summed E-state index contributed by atoms with van der Waals surface area (Å²) >= 11 is 0. The highest BCUT2D eigenvalue weighted by molar-refractivity contribution is 6.17. The van der Waals surface area contributed by atoms with Gasteiger partial charge in [0, 0.05) is 45.2 Å². The van der Waals surface area contributed by atoms with Gasteiger partial charge in [-0.25, -0.2) is 0 Å². The molecule has 134 valence electrons. The van der Waals surface area contributed by atoms with Crippen LogP contribution >= 0.6 is 0 Å². The van der Waals surface area contributed by atoms with Gasteiger partial charge in [0.05, 0.1) is 5.69 Å². The number of carbonyl (C=O) groups excluding carboxylic acids is 2. The number of hydrogen-bond donors (Lipinski definition) is 0. The SMILES string of the molecule is CC(=O)N1c2ccccc2C(=O)[C@@H]1N1CCN(Cc2ccccc2)CC1. The van der Waals surface area contributed by atoms with Crippen LogP contribution in [-0.4, -0.2) is 53.8 Å². The second kappa shape index (κ2) is 7.02. The number of benzene rings is 2. The van der Waals surface area contributed by atoms with Crippen LogP contribution in [0.25, 0.3) is 0 Å². The maximum absolute atomic E-state index is 12.9. The van der Waals surface area contributed by atoms with Gasteiger partial charge in [0.25, 0.3) is 0 Å². The van der Waals surface area contributed by atoms with Crippen molar-refractivity contribution in [2.75, 3.05) is 31.1 Å². The third-order valence-electron chi connectivity index (χ3n) is 5.25. The molecule has 5 nitrogen and oxygen atoms in total. The van der Waals surface area contributed by atoms with Crippen LogP contribution in [-0.2, 0) is 11.3 Å². The summed E-state index contributed by atoms with van der Waals surface area (Å²) in [6.45, 7) is 5.79. The van der Waals surface area contributed by atoms with E-state index in [4.69, 9.17) is 0 Å². The van der Waals surface area contributed by atoms with Crippen molar-refractivity contribution in [2.24, 2.45) is 0 Å². The molecule has 1 atom stereocenters. The highest BCUT2D eigenvalue weighted by Gasteiger charge is 2.43. The van der Waals surface area contributed by atoms with Crippen molar-refractivity contribution in [3.8, 4) is 0 Å². The van der Waals surface area contributed by atoms with Crippen molar-refractivity contribution in [3.05, 3.63) is 65.7 Å². The van der Waals surface area contributed by atoms with E-state index in [2.05, 4.69) is 34.1 Å². The number of amides is 1. The molecular weight excluding hydrogens is 326 g/mol. The van der Waals surface area contributed by atoms with E-state index in [1.54, 1.807) is 4.90 Å². The Morgan fingerprint density at radius 3 is 2.31 bits per heavy atom. The summed E-state index contributed by atoms with van der Waals surface area (Å²) in [7, 11) is 0. The lowest BCUT2D eigenvalue weighted by molar-refractivity contribution is -0.117. The normalized spacial score (nSPS) is 21.0. The molecule has 0 saturated carbocycles. The second-order valence-electron chi connectivity index (χ2n) is 6.94. The molecule has 0 N–H and O–H groups in total. The summed E-state index contributed by atoms with van der Waals surface area (Å²) in [5.41, 5.74) is 2.69. The van der Waals surface area contributed by atoms with Gasteiger partial charge in [-0.1, -0.05) is 42.5 Å². The molecule has 1 fully saturated rings. The smallest absolute Gasteiger partial charge is 0.225 e. The summed E-state index contributed by atoms with van der Waals surface area (Å²) in [5, 5.41) is 0. The zero-order valence-electron chi connectivity index (χ0n) is 15.0. The van der Waals surface area contributed by atoms with Gasteiger partial charge in [-0.15, -0.1) is 0 Å². The molecule has 2 aromatic rings. The largest absolute Gasteiger partial charge is 0.297 e. The number of para-hydroxylation sites is 1. The van der Waals surface area contributed by atoms with Gasteiger partial charge in [0.15, 0.2) is 6.17 Å². The van der Waals surface area contributed by atoms with E-state index < -0.39 is 6.17 Å². The van der Waals surface area contributed by atoms with Gasteiger partial charge in [0.2, 0.25) is 11.7 Å². The lowest BCUT2D eigenvalue weighted by Gasteiger charge is -2.40. The third-order valence-corrected chi connectivity index (χ3v) is 5.25. The molecule has 2 aliphatic rings. The van der Waals surface area contributed by atoms with Gasteiger partial charge >= 0.3 is 0 Å². The quantitative estimate of drug-likeness (QED) is 0.853. The van der Waals surface area contributed by atoms with Crippen molar-refractivity contribution in [1.82, 2.24) is 9.80 Å². The molecule has 0 radical (unpaired) electrons. The van der Waals surface area contributed by atoms with Gasteiger partial charge in [-0.05, 0) is 17.7 Å². The third kappa shape index (κ3) is 3.04. The number of piperazine rings is 1. The lowest BCUT2D eigenvalue weighted by atomic mass is 10.1. The minimum Gasteiger partial charge on any atom is -0.297 e. The lowest BCUT2D eigenvalue weighted by Crippen LogP contribution is -2.57. The van der Waals surface area contributed by atoms with E-state index in [9.17, 15) is 9.59 Å². The summed E-state index contributed by atoms with van der Waals surface area (Å²) in [5.74, 6) is -0.0488. The monoisotopic (exact) mass is 349 g/mol. The summed E-state index contributed by atoms with van der Waals surface area (Å²) < 4.78 is 0. The fourth-order valence-corrected chi connectivity index (χ4v) is 3.96. The van der Waals surface area contributed by atoms with Gasteiger partial charge in [0.1, 0.15) is 0 Å². The molecule has 0 aliphatic carbocycles. The molecule has 2 heterocycles. The van der Waals surface area contributed by atoms with Gasteiger partial charge in [-0.2, -0.15) is 0 Å². The van der Waals surface area contributed by atoms with E-state index >= 15 is 0 Å². The predicted octanol–water partition coefficient (Wildman–Crippen LogP) is 2.38. The average Bonchev–Trinajstić information content (AvgIpc) is 2.96. The highest BCUT2D eigenvalue weighted by Crippen LogP contribution is 2.34. The Bertz CT molecular complexity index is 813. The zero-order valence-corrected chi connectivity index (χ0v) is 15.0. The standard InChI is InChI=1S/C21H23N3O2/c1-16(25)24-19-10-6-5-9-18(19)20(26)21(24)23-13-11-22(12-14-23)15-17-7-3-2-4-8-17/h2-10,21H,11-15H2,1H3/t21-/m1/s1. The van der Waals surface area contributed by atoms with Crippen LogP contribution in [0.2, 0.25) is 0 Å². The van der Waals surface area contributed by atoms with Crippen molar-refractivity contribution in [3.63, 3.8) is 0 Å². The Labute approximate surface area is 153 Å². The first-order valence-electron chi connectivity index (χ1n) is 9.08. The predicted molar refractivity (Wildman–Crippen MR) is 101 cm³/mol. The Morgan fingerprint density at radius 2 is 1.62 bits per heavy atom. The first kappa shape index (κ1) is 16.9. The second-order valence-corrected chi connectivity index (χ2v) is 6.94. The molecule has 1 saturated heterocycles. The molecule has 5 heteroatoms. The molecule has 0 aromatic heterocycles. The number of Topliss-reactive ketones (excluding diaryl/α,β-unsaturated/α-hetero) is 1. The van der Waals surface area contributed by atoms with Crippen molar-refractivity contribution >= 4 is 17.4 Å². The number of hydrogen-bond acceptors (Lipinski definition) is 4. The first-order chi connectivity index (χ1) is 12.6. The summed E-state index contributed by atoms with van der Waals surface area (Å²) in [4.78, 5) is 31.4. The number of nitrogens with zero attached hydrogens (tertiary/aromatic N) is 3. The van der Waals surface area contributed by atoms with Crippen LogP contribution in [0.5, 0.6) is 0 Å². The first-order valence-corrected chi connectivity index (χ1v) is 9.08. The topological polar surface area (TPSA) is 43.9 Å². The molecule has 0 bridgehead atoms. The summed E-state index contributed by atoms with van der Waals surface area (Å²) in [6, 6.07) is 17.8. The van der Waals surface area contributed by atoms with E-state index in [1.165, 1.54) is 12.5 Å². The van der Waals surface area contributed by atoms with Crippen molar-refractivity contribution in [1.29, 1.82) is 0 Å². The average molecular weight is 349 g/mol. The molecule has 4 rings (SSSR count). The molecule has 2 aliphatic heterocycles. The molecule has 0 unspecified atom stereocenters. The Hall–Kier alpha value is -2.50. The zero-order chi connectivity index (χ0) is 18.1. The van der Waals surface area contributed by atoms with Crippen LogP contribution in [0.1, 0.15) is 22.8 Å². The maximum Gasteiger partial charge on any atom is 0.225 e. The molecule has 1 amide bonds. The molecule has 2 aromatic carbocycles. The van der Waals surface area contributed by atoms with Crippen LogP contribution in [0.4, 0.5) is 5.69 Å². The number of fused-ring (bicyclic) bond motifs is 1. The fraction of sp³-hybridized carbons (Fsp3) is 0.333. The van der Waals surface area contributed by atoms with Crippen molar-refractivity contribution in [2.45, 2.75) is 19.6 Å². The maximum atomic E-state index is 12.9. The van der Waals surface area contributed by atoms with Crippen LogP contribution in [0.3, 0.4) is 0 Å². The number of ketones is 1. The van der Waals surface area contributed by atoms with Crippen LogP contribution in [0.15, 0.2) is 54.6 Å². The van der Waals surface area contributed by atoms with E-state index in [0.29, 0.717) is 5.56 Å². The minimum atomic E-state index is -0.497. The number of rotatable bonds is 3. The van der Waals surface area contributed by atoms with Crippen LogP contribution < -0.4 is 4.90 Å². The number of anilines is 1. The Morgan fingerprint density at radius 1 is 0.962 bits per heavy atom. The number of carbonyl (C=O) groups is 2. The fourth-order valence-electron chi connectivity index (χ4n) is 3.96. The minimum absolute atomic E-state index is 0.0345. The van der Waals surface area contributed by atoms with Gasteiger partial charge < -0.3 is 0 Å².